The summed E-state index contributed by atoms with van der Waals surface area (Å²) in [5.74, 6) is 0.421. The number of nitrogens with zero attached hydrogens (tertiary/aromatic N) is 2. The van der Waals surface area contributed by atoms with Crippen LogP contribution in [0.1, 0.15) is 54.6 Å². The number of hydrogen-bond acceptors (Lipinski definition) is 4. The Kier molecular flexibility index (Phi) is 4.94. The van der Waals surface area contributed by atoms with Gasteiger partial charge in [-0.2, -0.15) is 4.31 Å². The highest BCUT2D eigenvalue weighted by atomic mass is 32.2. The van der Waals surface area contributed by atoms with Crippen molar-refractivity contribution in [1.29, 1.82) is 0 Å². The fourth-order valence-electron chi connectivity index (χ4n) is 5.30. The molecule has 1 aromatic heterocycles. The number of H-pyrrole nitrogens is 1. The molecule has 0 unspecified atom stereocenters. The lowest BCUT2D eigenvalue weighted by Crippen LogP contribution is -2.30. The highest BCUT2D eigenvalue weighted by molar-refractivity contribution is 7.89. The quantitative estimate of drug-likeness (QED) is 0.603. The molecule has 1 aliphatic carbocycles. The molecule has 0 saturated carbocycles. The van der Waals surface area contributed by atoms with Gasteiger partial charge in [-0.1, -0.05) is 26.0 Å². The lowest BCUT2D eigenvalue weighted by atomic mass is 9.72. The Morgan fingerprint density at radius 1 is 1.16 bits per heavy atom. The van der Waals surface area contributed by atoms with Crippen molar-refractivity contribution in [2.24, 2.45) is 4.99 Å². The number of aliphatic imine (C=N–C) groups is 1. The predicted molar refractivity (Wildman–Crippen MR) is 128 cm³/mol. The minimum atomic E-state index is -3.58. The van der Waals surface area contributed by atoms with Crippen LogP contribution >= 0.6 is 0 Å². The summed E-state index contributed by atoms with van der Waals surface area (Å²) in [5.41, 5.74) is 6.35. The van der Waals surface area contributed by atoms with Gasteiger partial charge < -0.3 is 9.72 Å². The van der Waals surface area contributed by atoms with Gasteiger partial charge >= 0.3 is 0 Å². The fourth-order valence-corrected chi connectivity index (χ4v) is 7.01. The molecule has 2 heterocycles. The zero-order valence-corrected chi connectivity index (χ0v) is 19.8. The molecule has 1 N–H and O–H groups in total. The third-order valence-electron chi connectivity index (χ3n) is 6.95. The van der Waals surface area contributed by atoms with Gasteiger partial charge in [0.1, 0.15) is 10.6 Å². The molecule has 2 aliphatic rings. The second-order valence-corrected chi connectivity index (χ2v) is 11.2. The van der Waals surface area contributed by atoms with Gasteiger partial charge in [0.2, 0.25) is 10.0 Å². The molecular formula is C25H29N3O3S. The lowest BCUT2D eigenvalue weighted by Gasteiger charge is -2.34. The molecule has 2 aromatic carbocycles. The first-order valence-corrected chi connectivity index (χ1v) is 12.5. The standard InChI is InChI=1S/C25H29N3O3S/c1-25(2)20-14-22(31-4)23(32(29,30)28-9-5-6-10-28)13-17(20)12-19-18-8-7-16(15-26-3)11-21(18)27-24(19)25/h7-8,11,13-15,27H,5-6,9-10,12H2,1-4H3. The van der Waals surface area contributed by atoms with Gasteiger partial charge in [-0.05, 0) is 53.3 Å². The van der Waals surface area contributed by atoms with Crippen LogP contribution in [0.2, 0.25) is 0 Å². The van der Waals surface area contributed by atoms with Gasteiger partial charge in [-0.15, -0.1) is 0 Å². The Labute approximate surface area is 189 Å². The zero-order chi connectivity index (χ0) is 22.7. The molecule has 1 saturated heterocycles. The summed E-state index contributed by atoms with van der Waals surface area (Å²) in [5, 5.41) is 1.17. The van der Waals surface area contributed by atoms with Crippen LogP contribution in [-0.4, -0.2) is 51.2 Å². The number of hydrogen-bond donors (Lipinski definition) is 1. The third kappa shape index (κ3) is 3.10. The molecule has 5 rings (SSSR count). The normalized spacial score (nSPS) is 18.2. The Morgan fingerprint density at radius 3 is 2.59 bits per heavy atom. The van der Waals surface area contributed by atoms with Crippen molar-refractivity contribution >= 4 is 27.1 Å². The molecule has 1 fully saturated rings. The molecule has 32 heavy (non-hydrogen) atoms. The van der Waals surface area contributed by atoms with Crippen molar-refractivity contribution in [1.82, 2.24) is 9.29 Å². The van der Waals surface area contributed by atoms with Crippen molar-refractivity contribution in [3.05, 3.63) is 58.3 Å². The average Bonchev–Trinajstić information content (AvgIpc) is 3.42. The van der Waals surface area contributed by atoms with E-state index in [1.165, 1.54) is 16.6 Å². The molecular weight excluding hydrogens is 422 g/mol. The number of aromatic nitrogens is 1. The van der Waals surface area contributed by atoms with Crippen LogP contribution in [0, 0.1) is 0 Å². The SMILES string of the molecule is CN=Cc1ccc2c3c([nH]c2c1)C(C)(C)c1cc(OC)c(S(=O)(=O)N2CCCC2)cc1C3. The van der Waals surface area contributed by atoms with Gasteiger partial charge in [0.15, 0.2) is 0 Å². The Morgan fingerprint density at radius 2 is 1.91 bits per heavy atom. The number of fused-ring (bicyclic) bond motifs is 4. The smallest absolute Gasteiger partial charge is 0.246 e. The topological polar surface area (TPSA) is 74.8 Å². The van der Waals surface area contributed by atoms with Gasteiger partial charge in [0.05, 0.1) is 7.11 Å². The fraction of sp³-hybridized carbons (Fsp3) is 0.400. The first kappa shape index (κ1) is 21.2. The van der Waals surface area contributed by atoms with Crippen molar-refractivity contribution in [2.45, 2.75) is 43.4 Å². The molecule has 0 bridgehead atoms. The second kappa shape index (κ2) is 7.46. The van der Waals surface area contributed by atoms with E-state index in [2.05, 4.69) is 42.0 Å². The van der Waals surface area contributed by atoms with Crippen LogP contribution in [0.5, 0.6) is 5.75 Å². The summed E-state index contributed by atoms with van der Waals surface area (Å²) < 4.78 is 34.0. The number of benzene rings is 2. The van der Waals surface area contributed by atoms with Gasteiger partial charge in [0, 0.05) is 54.8 Å². The summed E-state index contributed by atoms with van der Waals surface area (Å²) in [6.07, 6.45) is 4.34. The summed E-state index contributed by atoms with van der Waals surface area (Å²) in [7, 11) is -0.269. The Balaban J connectivity index is 1.68. The molecule has 0 radical (unpaired) electrons. The van der Waals surface area contributed by atoms with Crippen molar-refractivity contribution in [2.75, 3.05) is 27.2 Å². The van der Waals surface area contributed by atoms with E-state index in [0.717, 1.165) is 35.0 Å². The highest BCUT2D eigenvalue weighted by Gasteiger charge is 2.38. The minimum Gasteiger partial charge on any atom is -0.495 e. The first-order valence-electron chi connectivity index (χ1n) is 11.1. The van der Waals surface area contributed by atoms with Crippen molar-refractivity contribution < 1.29 is 13.2 Å². The maximum Gasteiger partial charge on any atom is 0.246 e. The van der Waals surface area contributed by atoms with Crippen molar-refractivity contribution in [3.63, 3.8) is 0 Å². The summed E-state index contributed by atoms with van der Waals surface area (Å²) >= 11 is 0. The monoisotopic (exact) mass is 451 g/mol. The molecule has 7 heteroatoms. The Hall–Kier alpha value is -2.64. The van der Waals surface area contributed by atoms with Crippen LogP contribution in [0.15, 0.2) is 40.2 Å². The van der Waals surface area contributed by atoms with E-state index in [-0.39, 0.29) is 10.3 Å². The summed E-state index contributed by atoms with van der Waals surface area (Å²) in [6.45, 7) is 5.51. The molecule has 0 amide bonds. The molecule has 6 nitrogen and oxygen atoms in total. The number of ether oxygens (including phenoxy) is 1. The zero-order valence-electron chi connectivity index (χ0n) is 19.0. The molecule has 3 aromatic rings. The summed E-state index contributed by atoms with van der Waals surface area (Å²) in [4.78, 5) is 8.05. The van der Waals surface area contributed by atoms with E-state index in [1.54, 1.807) is 18.5 Å². The number of sulfonamides is 1. The van der Waals surface area contributed by atoms with Crippen LogP contribution in [-0.2, 0) is 21.9 Å². The van der Waals surface area contributed by atoms with Gasteiger partial charge in [-0.3, -0.25) is 4.99 Å². The van der Waals surface area contributed by atoms with Gasteiger partial charge in [0.25, 0.3) is 0 Å². The maximum atomic E-state index is 13.4. The third-order valence-corrected chi connectivity index (χ3v) is 8.87. The largest absolute Gasteiger partial charge is 0.495 e. The minimum absolute atomic E-state index is 0.279. The molecule has 0 spiro atoms. The second-order valence-electron chi connectivity index (χ2n) is 9.24. The van der Waals surface area contributed by atoms with Crippen LogP contribution in [0.4, 0.5) is 0 Å². The predicted octanol–water partition coefficient (Wildman–Crippen LogP) is 4.24. The van der Waals surface area contributed by atoms with E-state index in [0.29, 0.717) is 25.3 Å². The average molecular weight is 452 g/mol. The van der Waals surface area contributed by atoms with E-state index in [4.69, 9.17) is 4.74 Å². The number of methoxy groups -OCH3 is 1. The molecule has 168 valence electrons. The van der Waals surface area contributed by atoms with E-state index < -0.39 is 10.0 Å². The van der Waals surface area contributed by atoms with Crippen LogP contribution in [0.3, 0.4) is 0 Å². The lowest BCUT2D eigenvalue weighted by molar-refractivity contribution is 0.396. The van der Waals surface area contributed by atoms with Crippen LogP contribution in [0.25, 0.3) is 10.9 Å². The summed E-state index contributed by atoms with van der Waals surface area (Å²) in [6, 6.07) is 10.1. The van der Waals surface area contributed by atoms with Crippen molar-refractivity contribution in [3.8, 4) is 5.75 Å². The van der Waals surface area contributed by atoms with Gasteiger partial charge in [-0.25, -0.2) is 8.42 Å². The Bertz CT molecular complexity index is 1350. The molecule has 1 aliphatic heterocycles. The molecule has 0 atom stereocenters. The number of aromatic amines is 1. The van der Waals surface area contributed by atoms with E-state index >= 15 is 0 Å². The number of nitrogens with one attached hydrogen (secondary N) is 1. The first-order chi connectivity index (χ1) is 15.3. The maximum absolute atomic E-state index is 13.4. The van der Waals surface area contributed by atoms with E-state index in [9.17, 15) is 8.42 Å². The van der Waals surface area contributed by atoms with Crippen LogP contribution < -0.4 is 4.74 Å². The van der Waals surface area contributed by atoms with E-state index in [1.807, 2.05) is 18.3 Å². The highest BCUT2D eigenvalue weighted by Crippen LogP contribution is 2.46. The number of rotatable bonds is 4.